The van der Waals surface area contributed by atoms with Crippen LogP contribution < -0.4 is 4.74 Å². The Labute approximate surface area is 110 Å². The molecule has 0 unspecified atom stereocenters. The molecule has 4 heteroatoms. The standard InChI is InChI=1S/C13H18BrFO2/c1-10(2)5-6-16-7-8-17-11-3-4-12(14)13(15)9-11/h3-4,9-10H,5-8H2,1-2H3. The molecule has 0 heterocycles. The fourth-order valence-corrected chi connectivity index (χ4v) is 1.45. The van der Waals surface area contributed by atoms with E-state index in [1.54, 1.807) is 12.1 Å². The van der Waals surface area contributed by atoms with Crippen molar-refractivity contribution in [1.82, 2.24) is 0 Å². The van der Waals surface area contributed by atoms with Crippen molar-refractivity contribution in [3.8, 4) is 5.75 Å². The minimum atomic E-state index is -0.316. The molecule has 0 fully saturated rings. The van der Waals surface area contributed by atoms with Crippen molar-refractivity contribution < 1.29 is 13.9 Å². The van der Waals surface area contributed by atoms with Gasteiger partial charge in [-0.05, 0) is 40.4 Å². The predicted molar refractivity (Wildman–Crippen MR) is 69.9 cm³/mol. The van der Waals surface area contributed by atoms with Crippen molar-refractivity contribution in [2.24, 2.45) is 5.92 Å². The fraction of sp³-hybridized carbons (Fsp3) is 0.538. The van der Waals surface area contributed by atoms with Crippen LogP contribution in [0.15, 0.2) is 22.7 Å². The first kappa shape index (κ1) is 14.5. The molecule has 0 aliphatic heterocycles. The van der Waals surface area contributed by atoms with E-state index in [2.05, 4.69) is 29.8 Å². The van der Waals surface area contributed by atoms with Crippen molar-refractivity contribution in [2.75, 3.05) is 19.8 Å². The lowest BCUT2D eigenvalue weighted by Crippen LogP contribution is -2.08. The lowest BCUT2D eigenvalue weighted by molar-refractivity contribution is 0.0925. The molecule has 0 aliphatic carbocycles. The van der Waals surface area contributed by atoms with Gasteiger partial charge in [0.25, 0.3) is 0 Å². The van der Waals surface area contributed by atoms with Crippen LogP contribution in [0.4, 0.5) is 4.39 Å². The molecule has 1 aromatic carbocycles. The molecule has 0 amide bonds. The highest BCUT2D eigenvalue weighted by Crippen LogP contribution is 2.20. The van der Waals surface area contributed by atoms with E-state index in [1.165, 1.54) is 6.07 Å². The van der Waals surface area contributed by atoms with Gasteiger partial charge in [-0.15, -0.1) is 0 Å². The smallest absolute Gasteiger partial charge is 0.141 e. The van der Waals surface area contributed by atoms with Crippen LogP contribution in [-0.4, -0.2) is 19.8 Å². The van der Waals surface area contributed by atoms with Crippen molar-refractivity contribution in [2.45, 2.75) is 20.3 Å². The van der Waals surface area contributed by atoms with Gasteiger partial charge in [-0.25, -0.2) is 4.39 Å². The van der Waals surface area contributed by atoms with Gasteiger partial charge in [0.1, 0.15) is 18.2 Å². The molecule has 0 spiro atoms. The highest BCUT2D eigenvalue weighted by molar-refractivity contribution is 9.10. The first-order valence-corrected chi connectivity index (χ1v) is 6.54. The highest BCUT2D eigenvalue weighted by atomic mass is 79.9. The molecule has 0 atom stereocenters. The third-order valence-corrected chi connectivity index (χ3v) is 2.87. The van der Waals surface area contributed by atoms with Crippen molar-refractivity contribution in [3.63, 3.8) is 0 Å². The quantitative estimate of drug-likeness (QED) is 0.708. The van der Waals surface area contributed by atoms with Gasteiger partial charge >= 0.3 is 0 Å². The van der Waals surface area contributed by atoms with Gasteiger partial charge in [0, 0.05) is 12.7 Å². The molecule has 0 bridgehead atoms. The van der Waals surface area contributed by atoms with E-state index in [-0.39, 0.29) is 5.82 Å². The van der Waals surface area contributed by atoms with Crippen LogP contribution in [0.2, 0.25) is 0 Å². The molecule has 0 saturated heterocycles. The van der Waals surface area contributed by atoms with E-state index in [4.69, 9.17) is 9.47 Å². The lowest BCUT2D eigenvalue weighted by atomic mass is 10.1. The van der Waals surface area contributed by atoms with Gasteiger partial charge in [-0.2, -0.15) is 0 Å². The minimum absolute atomic E-state index is 0.316. The third-order valence-electron chi connectivity index (χ3n) is 2.23. The second-order valence-corrected chi connectivity index (χ2v) is 5.07. The maximum atomic E-state index is 13.1. The Hall–Kier alpha value is -0.610. The number of hydrogen-bond acceptors (Lipinski definition) is 2. The lowest BCUT2D eigenvalue weighted by Gasteiger charge is -2.08. The molecule has 0 aromatic heterocycles. The predicted octanol–water partition coefficient (Wildman–Crippen LogP) is 4.03. The van der Waals surface area contributed by atoms with E-state index >= 15 is 0 Å². The molecule has 0 saturated carbocycles. The summed E-state index contributed by atoms with van der Waals surface area (Å²) in [7, 11) is 0. The molecule has 0 radical (unpaired) electrons. The van der Waals surface area contributed by atoms with E-state index < -0.39 is 0 Å². The molecule has 0 N–H and O–H groups in total. The Bertz CT molecular complexity index is 342. The van der Waals surface area contributed by atoms with Crippen LogP contribution in [0.1, 0.15) is 20.3 Å². The van der Waals surface area contributed by atoms with Crippen LogP contribution in [0.5, 0.6) is 5.75 Å². The molecule has 2 nitrogen and oxygen atoms in total. The zero-order chi connectivity index (χ0) is 12.7. The zero-order valence-electron chi connectivity index (χ0n) is 10.2. The first-order chi connectivity index (χ1) is 8.09. The van der Waals surface area contributed by atoms with E-state index in [0.717, 1.165) is 13.0 Å². The Morgan fingerprint density at radius 1 is 1.24 bits per heavy atom. The van der Waals surface area contributed by atoms with Gasteiger partial charge < -0.3 is 9.47 Å². The van der Waals surface area contributed by atoms with Gasteiger partial charge in [0.15, 0.2) is 0 Å². The minimum Gasteiger partial charge on any atom is -0.491 e. The van der Waals surface area contributed by atoms with Crippen LogP contribution in [0, 0.1) is 11.7 Å². The molecular weight excluding hydrogens is 287 g/mol. The van der Waals surface area contributed by atoms with Crippen LogP contribution >= 0.6 is 15.9 Å². The Morgan fingerprint density at radius 2 is 2.00 bits per heavy atom. The maximum Gasteiger partial charge on any atom is 0.141 e. The number of benzene rings is 1. The van der Waals surface area contributed by atoms with Gasteiger partial charge in [-0.1, -0.05) is 13.8 Å². The zero-order valence-corrected chi connectivity index (χ0v) is 11.8. The third kappa shape index (κ3) is 6.03. The molecule has 1 rings (SSSR count). The second-order valence-electron chi connectivity index (χ2n) is 4.22. The van der Waals surface area contributed by atoms with Crippen LogP contribution in [0.3, 0.4) is 0 Å². The normalized spacial score (nSPS) is 10.9. The fourth-order valence-electron chi connectivity index (χ4n) is 1.21. The summed E-state index contributed by atoms with van der Waals surface area (Å²) in [6.45, 7) is 6.04. The molecule has 96 valence electrons. The summed E-state index contributed by atoms with van der Waals surface area (Å²) in [5, 5.41) is 0. The monoisotopic (exact) mass is 304 g/mol. The average Bonchev–Trinajstić information content (AvgIpc) is 2.27. The van der Waals surface area contributed by atoms with E-state index in [0.29, 0.717) is 29.4 Å². The van der Waals surface area contributed by atoms with Gasteiger partial charge in [0.05, 0.1) is 11.1 Å². The largest absolute Gasteiger partial charge is 0.491 e. The summed E-state index contributed by atoms with van der Waals surface area (Å²) in [5.41, 5.74) is 0. The molecular formula is C13H18BrFO2. The highest BCUT2D eigenvalue weighted by Gasteiger charge is 2.01. The average molecular weight is 305 g/mol. The van der Waals surface area contributed by atoms with Crippen LogP contribution in [0.25, 0.3) is 0 Å². The second kappa shape index (κ2) is 7.67. The summed E-state index contributed by atoms with van der Waals surface area (Å²) in [5.74, 6) is 0.859. The topological polar surface area (TPSA) is 18.5 Å². The number of hydrogen-bond donors (Lipinski definition) is 0. The molecule has 0 aliphatic rings. The summed E-state index contributed by atoms with van der Waals surface area (Å²) in [6, 6.07) is 4.71. The first-order valence-electron chi connectivity index (χ1n) is 5.75. The number of halogens is 2. The van der Waals surface area contributed by atoms with Crippen LogP contribution in [-0.2, 0) is 4.74 Å². The Morgan fingerprint density at radius 3 is 2.65 bits per heavy atom. The summed E-state index contributed by atoms with van der Waals surface area (Å²) < 4.78 is 24.3. The summed E-state index contributed by atoms with van der Waals surface area (Å²) in [4.78, 5) is 0. The number of rotatable bonds is 7. The number of ether oxygens (including phenoxy) is 2. The maximum absolute atomic E-state index is 13.1. The van der Waals surface area contributed by atoms with Crippen molar-refractivity contribution in [1.29, 1.82) is 0 Å². The SMILES string of the molecule is CC(C)CCOCCOc1ccc(Br)c(F)c1. The van der Waals surface area contributed by atoms with Crippen molar-refractivity contribution >= 4 is 15.9 Å². The van der Waals surface area contributed by atoms with E-state index in [1.807, 2.05) is 0 Å². The van der Waals surface area contributed by atoms with Gasteiger partial charge in [0.2, 0.25) is 0 Å². The Balaban J connectivity index is 2.16. The summed E-state index contributed by atoms with van der Waals surface area (Å²) in [6.07, 6.45) is 1.05. The van der Waals surface area contributed by atoms with E-state index in [9.17, 15) is 4.39 Å². The van der Waals surface area contributed by atoms with Gasteiger partial charge in [-0.3, -0.25) is 0 Å². The molecule has 17 heavy (non-hydrogen) atoms. The summed E-state index contributed by atoms with van der Waals surface area (Å²) >= 11 is 3.09. The molecule has 1 aromatic rings. The van der Waals surface area contributed by atoms with Crippen molar-refractivity contribution in [3.05, 3.63) is 28.5 Å². The Kier molecular flexibility index (Phi) is 6.52.